The fraction of sp³-hybridized carbons (Fsp3) is 0.643. The number of methoxy groups -OCH3 is 1. The van der Waals surface area contributed by atoms with Gasteiger partial charge in [-0.1, -0.05) is 6.92 Å². The zero-order valence-electron chi connectivity index (χ0n) is 11.9. The Balaban J connectivity index is 2.43. The van der Waals surface area contributed by atoms with Crippen LogP contribution in [0.4, 0.5) is 10.7 Å². The number of nitrogens with zero attached hydrogens (tertiary/aromatic N) is 1. The summed E-state index contributed by atoms with van der Waals surface area (Å²) in [7, 11) is 1.40. The monoisotopic (exact) mass is 282 g/mol. The molecule has 5 heteroatoms. The number of carbonyl (C=O) groups excluding carboxylic acids is 1. The maximum absolute atomic E-state index is 11.8. The number of hydrogen-bond donors (Lipinski definition) is 1. The molecule has 0 aliphatic heterocycles. The molecule has 1 fully saturated rings. The minimum absolute atomic E-state index is 0.316. The molecule has 2 rings (SSSR count). The third-order valence-corrected chi connectivity index (χ3v) is 4.74. The Bertz CT molecular complexity index is 466. The second-order valence-corrected chi connectivity index (χ2v) is 5.91. The van der Waals surface area contributed by atoms with E-state index in [9.17, 15) is 4.79 Å². The standard InChI is InChI=1S/C14H22N2O2S/c1-4-8-16(5-2)13-10(9-6-7-9)11(15)12(19-13)14(17)18-3/h9H,4-8,15H2,1-3H3. The Labute approximate surface area is 118 Å². The molecule has 2 N–H and O–H groups in total. The molecule has 1 aromatic heterocycles. The summed E-state index contributed by atoms with van der Waals surface area (Å²) in [4.78, 5) is 14.7. The number of ether oxygens (including phenoxy) is 1. The first-order valence-electron chi connectivity index (χ1n) is 6.89. The van der Waals surface area contributed by atoms with Gasteiger partial charge in [0.1, 0.15) is 4.88 Å². The molecular weight excluding hydrogens is 260 g/mol. The minimum atomic E-state index is -0.316. The van der Waals surface area contributed by atoms with Crippen LogP contribution in [0.3, 0.4) is 0 Å². The number of carbonyl (C=O) groups is 1. The number of rotatable bonds is 6. The summed E-state index contributed by atoms with van der Waals surface area (Å²) < 4.78 is 4.83. The summed E-state index contributed by atoms with van der Waals surface area (Å²) in [5.41, 5.74) is 8.02. The number of esters is 1. The molecule has 1 aliphatic rings. The van der Waals surface area contributed by atoms with Crippen LogP contribution in [-0.2, 0) is 4.74 Å². The highest BCUT2D eigenvalue weighted by atomic mass is 32.1. The number of thiophene rings is 1. The summed E-state index contributed by atoms with van der Waals surface area (Å²) in [6, 6.07) is 0. The van der Waals surface area contributed by atoms with Crippen LogP contribution < -0.4 is 10.6 Å². The lowest BCUT2D eigenvalue weighted by Crippen LogP contribution is -2.23. The minimum Gasteiger partial charge on any atom is -0.465 e. The Morgan fingerprint density at radius 3 is 2.63 bits per heavy atom. The lowest BCUT2D eigenvalue weighted by molar-refractivity contribution is 0.0607. The first-order chi connectivity index (χ1) is 9.13. The van der Waals surface area contributed by atoms with Crippen LogP contribution in [0.1, 0.15) is 54.3 Å². The van der Waals surface area contributed by atoms with Crippen molar-refractivity contribution in [2.24, 2.45) is 0 Å². The highest BCUT2D eigenvalue weighted by Crippen LogP contribution is 2.52. The van der Waals surface area contributed by atoms with E-state index >= 15 is 0 Å². The average Bonchev–Trinajstić information content (AvgIpc) is 3.19. The van der Waals surface area contributed by atoms with Crippen molar-refractivity contribution in [1.82, 2.24) is 0 Å². The van der Waals surface area contributed by atoms with E-state index in [0.29, 0.717) is 16.5 Å². The van der Waals surface area contributed by atoms with E-state index in [2.05, 4.69) is 18.7 Å². The van der Waals surface area contributed by atoms with Gasteiger partial charge in [-0.15, -0.1) is 11.3 Å². The highest BCUT2D eigenvalue weighted by Gasteiger charge is 2.34. The van der Waals surface area contributed by atoms with Crippen molar-refractivity contribution in [3.8, 4) is 0 Å². The Morgan fingerprint density at radius 2 is 2.16 bits per heavy atom. The SMILES string of the molecule is CCCN(CC)c1sc(C(=O)OC)c(N)c1C1CC1. The molecule has 0 amide bonds. The zero-order chi connectivity index (χ0) is 14.0. The van der Waals surface area contributed by atoms with Gasteiger partial charge in [-0.25, -0.2) is 4.79 Å². The van der Waals surface area contributed by atoms with Gasteiger partial charge in [0.25, 0.3) is 0 Å². The van der Waals surface area contributed by atoms with E-state index in [1.165, 1.54) is 41.9 Å². The Morgan fingerprint density at radius 1 is 1.47 bits per heavy atom. The fourth-order valence-corrected chi connectivity index (χ4v) is 3.68. The van der Waals surface area contributed by atoms with Crippen molar-refractivity contribution in [3.63, 3.8) is 0 Å². The summed E-state index contributed by atoms with van der Waals surface area (Å²) in [5.74, 6) is 0.221. The van der Waals surface area contributed by atoms with Crippen LogP contribution in [0.25, 0.3) is 0 Å². The number of nitrogen functional groups attached to an aromatic ring is 1. The number of hydrogen-bond acceptors (Lipinski definition) is 5. The summed E-state index contributed by atoms with van der Waals surface area (Å²) >= 11 is 1.49. The van der Waals surface area contributed by atoms with Crippen LogP contribution in [0, 0.1) is 0 Å². The molecule has 0 aromatic carbocycles. The maximum Gasteiger partial charge on any atom is 0.350 e. The number of anilines is 2. The molecule has 0 radical (unpaired) electrons. The van der Waals surface area contributed by atoms with Crippen molar-refractivity contribution in [3.05, 3.63) is 10.4 Å². The van der Waals surface area contributed by atoms with Crippen molar-refractivity contribution >= 4 is 28.0 Å². The molecule has 1 aromatic rings. The molecule has 1 saturated carbocycles. The Kier molecular flexibility index (Phi) is 4.34. The van der Waals surface area contributed by atoms with E-state index in [1.807, 2.05) is 0 Å². The van der Waals surface area contributed by atoms with Crippen LogP contribution >= 0.6 is 11.3 Å². The van der Waals surface area contributed by atoms with E-state index in [-0.39, 0.29) is 5.97 Å². The van der Waals surface area contributed by atoms with Crippen molar-refractivity contribution in [2.75, 3.05) is 30.8 Å². The van der Waals surface area contributed by atoms with Crippen LogP contribution in [0.5, 0.6) is 0 Å². The van der Waals surface area contributed by atoms with Crippen molar-refractivity contribution in [2.45, 2.75) is 39.0 Å². The van der Waals surface area contributed by atoms with Gasteiger partial charge in [-0.2, -0.15) is 0 Å². The molecule has 0 saturated heterocycles. The van der Waals surface area contributed by atoms with Gasteiger partial charge in [0.2, 0.25) is 0 Å². The fourth-order valence-electron chi connectivity index (χ4n) is 2.36. The molecular formula is C14H22N2O2S. The molecule has 0 bridgehead atoms. The normalized spacial score (nSPS) is 14.5. The molecule has 0 atom stereocenters. The molecule has 4 nitrogen and oxygen atoms in total. The predicted octanol–water partition coefficient (Wildman–Crippen LogP) is 3.23. The lowest BCUT2D eigenvalue weighted by atomic mass is 10.1. The van der Waals surface area contributed by atoms with Gasteiger partial charge in [0, 0.05) is 18.7 Å². The molecule has 1 aliphatic carbocycles. The number of nitrogens with two attached hydrogens (primary N) is 1. The van der Waals surface area contributed by atoms with E-state index < -0.39 is 0 Å². The van der Waals surface area contributed by atoms with Crippen LogP contribution in [0.2, 0.25) is 0 Å². The van der Waals surface area contributed by atoms with Crippen molar-refractivity contribution < 1.29 is 9.53 Å². The van der Waals surface area contributed by atoms with E-state index in [0.717, 1.165) is 19.5 Å². The highest BCUT2D eigenvalue weighted by molar-refractivity contribution is 7.18. The third kappa shape index (κ3) is 2.71. The molecule has 19 heavy (non-hydrogen) atoms. The molecule has 0 spiro atoms. The second kappa shape index (κ2) is 5.82. The van der Waals surface area contributed by atoms with Gasteiger partial charge in [0.15, 0.2) is 0 Å². The molecule has 0 unspecified atom stereocenters. The lowest BCUT2D eigenvalue weighted by Gasteiger charge is -2.22. The third-order valence-electron chi connectivity index (χ3n) is 3.48. The molecule has 106 valence electrons. The predicted molar refractivity (Wildman–Crippen MR) is 80.2 cm³/mol. The van der Waals surface area contributed by atoms with Gasteiger partial charge in [-0.05, 0) is 32.1 Å². The topological polar surface area (TPSA) is 55.6 Å². The van der Waals surface area contributed by atoms with Gasteiger partial charge in [0.05, 0.1) is 17.8 Å². The Hall–Kier alpha value is -1.23. The first kappa shape index (κ1) is 14.2. The summed E-state index contributed by atoms with van der Waals surface area (Å²) in [6.07, 6.45) is 3.44. The van der Waals surface area contributed by atoms with Gasteiger partial charge < -0.3 is 15.4 Å². The van der Waals surface area contributed by atoms with Crippen molar-refractivity contribution in [1.29, 1.82) is 0 Å². The quantitative estimate of drug-likeness (QED) is 0.814. The van der Waals surface area contributed by atoms with Gasteiger partial charge >= 0.3 is 5.97 Å². The van der Waals surface area contributed by atoms with Crippen LogP contribution in [-0.4, -0.2) is 26.2 Å². The van der Waals surface area contributed by atoms with E-state index in [4.69, 9.17) is 10.5 Å². The summed E-state index contributed by atoms with van der Waals surface area (Å²) in [5, 5.41) is 1.17. The average molecular weight is 282 g/mol. The molecule has 1 heterocycles. The smallest absolute Gasteiger partial charge is 0.350 e. The van der Waals surface area contributed by atoms with Crippen LogP contribution in [0.15, 0.2) is 0 Å². The summed E-state index contributed by atoms with van der Waals surface area (Å²) in [6.45, 7) is 6.24. The largest absolute Gasteiger partial charge is 0.465 e. The second-order valence-electron chi connectivity index (χ2n) is 4.91. The van der Waals surface area contributed by atoms with E-state index in [1.54, 1.807) is 0 Å². The van der Waals surface area contributed by atoms with Gasteiger partial charge in [-0.3, -0.25) is 0 Å². The first-order valence-corrected chi connectivity index (χ1v) is 7.71. The zero-order valence-corrected chi connectivity index (χ0v) is 12.7. The maximum atomic E-state index is 11.8.